The second-order valence-corrected chi connectivity index (χ2v) is 4.44. The average Bonchev–Trinajstić information content (AvgIpc) is 2.30. The van der Waals surface area contributed by atoms with Gasteiger partial charge in [-0.25, -0.2) is 0 Å². The van der Waals surface area contributed by atoms with E-state index in [1.807, 2.05) is 0 Å². The van der Waals surface area contributed by atoms with Crippen molar-refractivity contribution in [2.45, 2.75) is 25.6 Å². The van der Waals surface area contributed by atoms with E-state index in [1.54, 1.807) is 6.92 Å². The third kappa shape index (κ3) is 3.73. The van der Waals surface area contributed by atoms with Crippen LogP contribution in [0.1, 0.15) is 30.5 Å². The SMILES string of the molecule is CC#CCC(NN)c1cc(C(F)(F)F)ccc1Br. The van der Waals surface area contributed by atoms with Gasteiger partial charge >= 0.3 is 6.18 Å². The first-order chi connectivity index (χ1) is 8.40. The minimum absolute atomic E-state index is 0.340. The van der Waals surface area contributed by atoms with Crippen LogP contribution < -0.4 is 11.3 Å². The molecule has 0 aliphatic rings. The van der Waals surface area contributed by atoms with E-state index in [4.69, 9.17) is 5.84 Å². The lowest BCUT2D eigenvalue weighted by Crippen LogP contribution is -2.28. The average molecular weight is 321 g/mol. The molecule has 18 heavy (non-hydrogen) atoms. The lowest BCUT2D eigenvalue weighted by molar-refractivity contribution is -0.137. The highest BCUT2D eigenvalue weighted by Gasteiger charge is 2.31. The van der Waals surface area contributed by atoms with Gasteiger partial charge in [-0.1, -0.05) is 15.9 Å². The summed E-state index contributed by atoms with van der Waals surface area (Å²) >= 11 is 3.22. The second kappa shape index (κ2) is 6.23. The van der Waals surface area contributed by atoms with E-state index < -0.39 is 17.8 Å². The zero-order valence-electron chi connectivity index (χ0n) is 9.61. The van der Waals surface area contributed by atoms with Gasteiger partial charge in [0.05, 0.1) is 11.6 Å². The predicted molar refractivity (Wildman–Crippen MR) is 67.3 cm³/mol. The molecule has 1 atom stereocenters. The Balaban J connectivity index is 3.15. The Morgan fingerprint density at radius 3 is 2.61 bits per heavy atom. The largest absolute Gasteiger partial charge is 0.416 e. The molecule has 0 fully saturated rings. The Bertz CT molecular complexity index is 474. The van der Waals surface area contributed by atoms with Gasteiger partial charge in [-0.15, -0.1) is 11.8 Å². The molecular formula is C12H12BrF3N2. The van der Waals surface area contributed by atoms with Crippen molar-refractivity contribution < 1.29 is 13.2 Å². The van der Waals surface area contributed by atoms with Crippen LogP contribution >= 0.6 is 15.9 Å². The van der Waals surface area contributed by atoms with E-state index in [2.05, 4.69) is 33.2 Å². The van der Waals surface area contributed by atoms with Gasteiger partial charge < -0.3 is 0 Å². The Hall–Kier alpha value is -1.03. The molecule has 0 aromatic heterocycles. The second-order valence-electron chi connectivity index (χ2n) is 3.58. The van der Waals surface area contributed by atoms with Gasteiger partial charge in [0.25, 0.3) is 0 Å². The van der Waals surface area contributed by atoms with E-state index in [0.717, 1.165) is 12.1 Å². The molecule has 98 valence electrons. The number of hydrogen-bond donors (Lipinski definition) is 2. The molecule has 0 bridgehead atoms. The van der Waals surface area contributed by atoms with E-state index in [-0.39, 0.29) is 0 Å². The Morgan fingerprint density at radius 2 is 2.11 bits per heavy atom. The van der Waals surface area contributed by atoms with Crippen LogP contribution in [0, 0.1) is 11.8 Å². The van der Waals surface area contributed by atoms with Gasteiger partial charge in [0.15, 0.2) is 0 Å². The fourth-order valence-corrected chi connectivity index (χ4v) is 1.97. The number of hydrazine groups is 1. The first kappa shape index (κ1) is 15.0. The van der Waals surface area contributed by atoms with Crippen molar-refractivity contribution in [2.75, 3.05) is 0 Å². The van der Waals surface area contributed by atoms with Crippen LogP contribution in [0.5, 0.6) is 0 Å². The van der Waals surface area contributed by atoms with Crippen LogP contribution in [0.4, 0.5) is 13.2 Å². The van der Waals surface area contributed by atoms with Crippen molar-refractivity contribution >= 4 is 15.9 Å². The molecule has 2 nitrogen and oxygen atoms in total. The molecule has 3 N–H and O–H groups in total. The molecule has 0 spiro atoms. The van der Waals surface area contributed by atoms with Crippen LogP contribution in [-0.2, 0) is 6.18 Å². The summed E-state index contributed by atoms with van der Waals surface area (Å²) in [5.41, 5.74) is 2.21. The zero-order valence-corrected chi connectivity index (χ0v) is 11.2. The highest BCUT2D eigenvalue weighted by atomic mass is 79.9. The predicted octanol–water partition coefficient (Wildman–Crippen LogP) is 3.39. The highest BCUT2D eigenvalue weighted by Crippen LogP contribution is 2.34. The van der Waals surface area contributed by atoms with Crippen LogP contribution in [0.2, 0.25) is 0 Å². The molecule has 0 saturated carbocycles. The molecule has 0 saturated heterocycles. The minimum Gasteiger partial charge on any atom is -0.271 e. The molecule has 0 amide bonds. The Labute approximate surface area is 112 Å². The van der Waals surface area contributed by atoms with Gasteiger partial charge in [-0.2, -0.15) is 13.2 Å². The summed E-state index contributed by atoms with van der Waals surface area (Å²) in [4.78, 5) is 0. The number of rotatable bonds is 3. The number of hydrogen-bond acceptors (Lipinski definition) is 2. The molecule has 1 aromatic carbocycles. The summed E-state index contributed by atoms with van der Waals surface area (Å²) in [7, 11) is 0. The maximum atomic E-state index is 12.6. The molecule has 0 heterocycles. The van der Waals surface area contributed by atoms with Crippen LogP contribution in [0.3, 0.4) is 0 Å². The fraction of sp³-hybridized carbons (Fsp3) is 0.333. The fourth-order valence-electron chi connectivity index (χ4n) is 1.45. The maximum Gasteiger partial charge on any atom is 0.416 e. The number of benzene rings is 1. The minimum atomic E-state index is -4.37. The first-order valence-corrected chi connectivity index (χ1v) is 5.91. The smallest absolute Gasteiger partial charge is 0.271 e. The number of alkyl halides is 3. The van der Waals surface area contributed by atoms with Gasteiger partial charge in [0, 0.05) is 10.9 Å². The molecule has 0 aliphatic heterocycles. The Kier molecular flexibility index (Phi) is 5.20. The topological polar surface area (TPSA) is 38.0 Å². The van der Waals surface area contributed by atoms with E-state index in [1.165, 1.54) is 6.07 Å². The molecule has 0 aliphatic carbocycles. The summed E-state index contributed by atoms with van der Waals surface area (Å²) in [6.45, 7) is 1.66. The molecule has 1 aromatic rings. The number of halogens is 4. The standard InChI is InChI=1S/C12H12BrF3N2/c1-2-3-4-11(18-17)9-7-8(12(14,15)16)5-6-10(9)13/h5-7,11,18H,4,17H2,1H3. The summed E-state index contributed by atoms with van der Waals surface area (Å²) in [5, 5.41) is 0. The van der Waals surface area contributed by atoms with Crippen molar-refractivity contribution in [2.24, 2.45) is 5.84 Å². The van der Waals surface area contributed by atoms with E-state index >= 15 is 0 Å². The van der Waals surface area contributed by atoms with Crippen LogP contribution in [-0.4, -0.2) is 0 Å². The van der Waals surface area contributed by atoms with Crippen molar-refractivity contribution in [1.29, 1.82) is 0 Å². The highest BCUT2D eigenvalue weighted by molar-refractivity contribution is 9.10. The lowest BCUT2D eigenvalue weighted by atomic mass is 10.0. The van der Waals surface area contributed by atoms with Crippen molar-refractivity contribution in [3.63, 3.8) is 0 Å². The van der Waals surface area contributed by atoms with E-state index in [0.29, 0.717) is 16.5 Å². The third-order valence-corrected chi connectivity index (χ3v) is 3.11. The molecular weight excluding hydrogens is 309 g/mol. The summed E-state index contributed by atoms with van der Waals surface area (Å²) in [6, 6.07) is 3.01. The van der Waals surface area contributed by atoms with Gasteiger partial charge in [0.2, 0.25) is 0 Å². The van der Waals surface area contributed by atoms with E-state index in [9.17, 15) is 13.2 Å². The van der Waals surface area contributed by atoms with Gasteiger partial charge in [0.1, 0.15) is 0 Å². The normalized spacial score (nSPS) is 12.8. The van der Waals surface area contributed by atoms with Gasteiger partial charge in [-0.05, 0) is 30.7 Å². The molecule has 1 rings (SSSR count). The number of nitrogens with two attached hydrogens (primary N) is 1. The molecule has 0 radical (unpaired) electrons. The summed E-state index contributed by atoms with van der Waals surface area (Å²) < 4.78 is 38.4. The summed E-state index contributed by atoms with van der Waals surface area (Å²) in [6.07, 6.45) is -4.03. The Morgan fingerprint density at radius 1 is 1.44 bits per heavy atom. The number of nitrogens with one attached hydrogen (secondary N) is 1. The maximum absolute atomic E-state index is 12.6. The molecule has 1 unspecified atom stereocenters. The lowest BCUT2D eigenvalue weighted by Gasteiger charge is -2.17. The third-order valence-electron chi connectivity index (χ3n) is 2.38. The van der Waals surface area contributed by atoms with Crippen LogP contribution in [0.15, 0.2) is 22.7 Å². The zero-order chi connectivity index (χ0) is 13.8. The monoisotopic (exact) mass is 320 g/mol. The first-order valence-electron chi connectivity index (χ1n) is 5.12. The van der Waals surface area contributed by atoms with Crippen molar-refractivity contribution in [3.05, 3.63) is 33.8 Å². The quantitative estimate of drug-likeness (QED) is 0.509. The molecule has 6 heteroatoms. The summed E-state index contributed by atoms with van der Waals surface area (Å²) in [5.74, 6) is 10.8. The van der Waals surface area contributed by atoms with Crippen molar-refractivity contribution in [3.8, 4) is 11.8 Å². The van der Waals surface area contributed by atoms with Gasteiger partial charge in [-0.3, -0.25) is 11.3 Å². The van der Waals surface area contributed by atoms with Crippen molar-refractivity contribution in [1.82, 2.24) is 5.43 Å². The van der Waals surface area contributed by atoms with Crippen LogP contribution in [0.25, 0.3) is 0 Å².